The van der Waals surface area contributed by atoms with E-state index in [9.17, 15) is 4.79 Å². The Hall–Kier alpha value is -2.04. The average molecular weight is 251 g/mol. The van der Waals surface area contributed by atoms with Crippen molar-refractivity contribution in [3.8, 4) is 5.75 Å². The highest BCUT2D eigenvalue weighted by atomic mass is 16.6. The van der Waals surface area contributed by atoms with Gasteiger partial charge >= 0.3 is 5.97 Å². The zero-order chi connectivity index (χ0) is 13.5. The molecule has 0 amide bonds. The van der Waals surface area contributed by atoms with Crippen LogP contribution < -0.4 is 4.74 Å². The second-order valence-electron chi connectivity index (χ2n) is 3.52. The number of carbonyl (C=O) groups excluding carboxylic acids is 1. The summed E-state index contributed by atoms with van der Waals surface area (Å²) in [6.07, 6.45) is 0. The first kappa shape index (κ1) is 14.0. The number of oxime groups is 1. The molecule has 0 atom stereocenters. The van der Waals surface area contributed by atoms with E-state index in [1.807, 2.05) is 13.0 Å². The Bertz CT molecular complexity index is 454. The second kappa shape index (κ2) is 6.64. The quantitative estimate of drug-likeness (QED) is 0.456. The molecule has 0 aliphatic rings. The molecule has 0 saturated heterocycles. The topological polar surface area (TPSA) is 57.1 Å². The minimum Gasteiger partial charge on any atom is -0.497 e. The monoisotopic (exact) mass is 251 g/mol. The third kappa shape index (κ3) is 3.23. The second-order valence-corrected chi connectivity index (χ2v) is 3.52. The molecular formula is C13H17NO4. The summed E-state index contributed by atoms with van der Waals surface area (Å²) >= 11 is 0. The highest BCUT2D eigenvalue weighted by molar-refractivity contribution is 6.43. The summed E-state index contributed by atoms with van der Waals surface area (Å²) < 4.78 is 10.1. The molecule has 0 saturated carbocycles. The molecule has 0 aromatic heterocycles. The van der Waals surface area contributed by atoms with E-state index in [1.165, 1.54) is 7.11 Å². The highest BCUT2D eigenvalue weighted by Crippen LogP contribution is 2.18. The van der Waals surface area contributed by atoms with Gasteiger partial charge in [-0.25, -0.2) is 4.79 Å². The number of methoxy groups -OCH3 is 1. The summed E-state index contributed by atoms with van der Waals surface area (Å²) in [6, 6.07) is 5.33. The summed E-state index contributed by atoms with van der Waals surface area (Å²) in [4.78, 5) is 16.5. The van der Waals surface area contributed by atoms with Gasteiger partial charge in [-0.1, -0.05) is 5.16 Å². The molecule has 1 aromatic rings. The van der Waals surface area contributed by atoms with E-state index in [0.717, 1.165) is 11.3 Å². The molecule has 18 heavy (non-hydrogen) atoms. The molecular weight excluding hydrogens is 234 g/mol. The summed E-state index contributed by atoms with van der Waals surface area (Å²) in [6.45, 7) is 3.89. The van der Waals surface area contributed by atoms with Crippen LogP contribution in [0, 0.1) is 6.92 Å². The lowest BCUT2D eigenvalue weighted by molar-refractivity contribution is -0.135. The first-order valence-electron chi connectivity index (χ1n) is 5.57. The number of rotatable bonds is 5. The first-order valence-corrected chi connectivity index (χ1v) is 5.57. The van der Waals surface area contributed by atoms with Crippen molar-refractivity contribution in [3.63, 3.8) is 0 Å². The zero-order valence-corrected chi connectivity index (χ0v) is 11.0. The van der Waals surface area contributed by atoms with Crippen molar-refractivity contribution in [1.29, 1.82) is 0 Å². The average Bonchev–Trinajstić information content (AvgIpc) is 2.36. The van der Waals surface area contributed by atoms with Crippen molar-refractivity contribution in [1.82, 2.24) is 0 Å². The van der Waals surface area contributed by atoms with Gasteiger partial charge in [-0.15, -0.1) is 0 Å². The largest absolute Gasteiger partial charge is 0.497 e. The fraction of sp³-hybridized carbons (Fsp3) is 0.385. The van der Waals surface area contributed by atoms with Crippen LogP contribution >= 0.6 is 0 Å². The van der Waals surface area contributed by atoms with Gasteiger partial charge in [0.15, 0.2) is 5.71 Å². The predicted octanol–water partition coefficient (Wildman–Crippen LogP) is 1.92. The van der Waals surface area contributed by atoms with E-state index >= 15 is 0 Å². The van der Waals surface area contributed by atoms with Crippen molar-refractivity contribution in [2.75, 3.05) is 20.8 Å². The van der Waals surface area contributed by atoms with Gasteiger partial charge in [0.2, 0.25) is 0 Å². The van der Waals surface area contributed by atoms with Crippen LogP contribution in [-0.2, 0) is 14.4 Å². The van der Waals surface area contributed by atoms with Crippen LogP contribution in [0.2, 0.25) is 0 Å². The molecule has 5 nitrogen and oxygen atoms in total. The SMILES string of the molecule is CCOC(=O)/C(=N\OC)c1ccc(OC)cc1C. The number of nitrogens with zero attached hydrogens (tertiary/aromatic N) is 1. The molecule has 0 spiro atoms. The fourth-order valence-corrected chi connectivity index (χ4v) is 1.52. The number of esters is 1. The fourth-order valence-electron chi connectivity index (χ4n) is 1.52. The van der Waals surface area contributed by atoms with Crippen molar-refractivity contribution < 1.29 is 19.1 Å². The van der Waals surface area contributed by atoms with Crippen molar-refractivity contribution in [2.24, 2.45) is 5.16 Å². The van der Waals surface area contributed by atoms with Gasteiger partial charge in [-0.3, -0.25) is 0 Å². The molecule has 0 N–H and O–H groups in total. The molecule has 5 heteroatoms. The lowest BCUT2D eigenvalue weighted by Gasteiger charge is -2.09. The van der Waals surface area contributed by atoms with Crippen molar-refractivity contribution in [3.05, 3.63) is 29.3 Å². The van der Waals surface area contributed by atoms with Gasteiger partial charge in [0.1, 0.15) is 12.9 Å². The van der Waals surface area contributed by atoms with E-state index in [0.29, 0.717) is 5.56 Å². The summed E-state index contributed by atoms with van der Waals surface area (Å²) in [5.74, 6) is 0.212. The van der Waals surface area contributed by atoms with Crippen LogP contribution in [0.4, 0.5) is 0 Å². The number of ether oxygens (including phenoxy) is 2. The Balaban J connectivity index is 3.14. The summed E-state index contributed by atoms with van der Waals surface area (Å²) in [5, 5.41) is 3.73. The molecule has 98 valence electrons. The lowest BCUT2D eigenvalue weighted by Crippen LogP contribution is -2.20. The first-order chi connectivity index (χ1) is 8.63. The maximum atomic E-state index is 11.8. The van der Waals surface area contributed by atoms with Crippen LogP contribution in [0.1, 0.15) is 18.1 Å². The minimum absolute atomic E-state index is 0.152. The number of hydrogen-bond acceptors (Lipinski definition) is 5. The van der Waals surface area contributed by atoms with E-state index in [4.69, 9.17) is 14.3 Å². The van der Waals surface area contributed by atoms with E-state index in [2.05, 4.69) is 5.16 Å². The van der Waals surface area contributed by atoms with Gasteiger partial charge in [0.05, 0.1) is 13.7 Å². The Morgan fingerprint density at radius 2 is 2.06 bits per heavy atom. The van der Waals surface area contributed by atoms with E-state index in [-0.39, 0.29) is 12.3 Å². The van der Waals surface area contributed by atoms with Crippen LogP contribution in [0.3, 0.4) is 0 Å². The Labute approximate surface area is 106 Å². The van der Waals surface area contributed by atoms with Crippen LogP contribution in [-0.4, -0.2) is 32.5 Å². The molecule has 0 aliphatic carbocycles. The Morgan fingerprint density at radius 3 is 2.56 bits per heavy atom. The van der Waals surface area contributed by atoms with Crippen LogP contribution in [0.25, 0.3) is 0 Å². The molecule has 1 rings (SSSR count). The summed E-state index contributed by atoms with van der Waals surface area (Å²) in [7, 11) is 2.97. The maximum absolute atomic E-state index is 11.8. The number of benzene rings is 1. The summed E-state index contributed by atoms with van der Waals surface area (Å²) in [5.41, 5.74) is 1.67. The lowest BCUT2D eigenvalue weighted by atomic mass is 10.0. The standard InChI is InChI=1S/C13H17NO4/c1-5-18-13(15)12(14-17-4)11-7-6-10(16-3)8-9(11)2/h6-8H,5H2,1-4H3/b14-12-. The number of hydrogen-bond donors (Lipinski definition) is 0. The maximum Gasteiger partial charge on any atom is 0.361 e. The molecule has 0 radical (unpaired) electrons. The number of carbonyl (C=O) groups is 1. The third-order valence-electron chi connectivity index (χ3n) is 2.34. The molecule has 0 fully saturated rings. The predicted molar refractivity (Wildman–Crippen MR) is 67.9 cm³/mol. The van der Waals surface area contributed by atoms with Crippen LogP contribution in [0.15, 0.2) is 23.4 Å². The van der Waals surface area contributed by atoms with Gasteiger partial charge in [-0.2, -0.15) is 0 Å². The van der Waals surface area contributed by atoms with Gasteiger partial charge in [0, 0.05) is 5.56 Å². The third-order valence-corrected chi connectivity index (χ3v) is 2.34. The molecule has 1 aromatic carbocycles. The molecule has 0 unspecified atom stereocenters. The molecule has 0 heterocycles. The normalized spacial score (nSPS) is 11.0. The Kier molecular flexibility index (Phi) is 5.17. The Morgan fingerprint density at radius 1 is 1.33 bits per heavy atom. The van der Waals surface area contributed by atoms with E-state index in [1.54, 1.807) is 26.2 Å². The molecule has 0 bridgehead atoms. The minimum atomic E-state index is -0.507. The highest BCUT2D eigenvalue weighted by Gasteiger charge is 2.18. The smallest absolute Gasteiger partial charge is 0.361 e. The zero-order valence-electron chi connectivity index (χ0n) is 11.0. The molecule has 0 aliphatic heterocycles. The van der Waals surface area contributed by atoms with Gasteiger partial charge in [-0.05, 0) is 37.6 Å². The van der Waals surface area contributed by atoms with Crippen molar-refractivity contribution in [2.45, 2.75) is 13.8 Å². The van der Waals surface area contributed by atoms with Gasteiger partial charge < -0.3 is 14.3 Å². The number of aryl methyl sites for hydroxylation is 1. The van der Waals surface area contributed by atoms with Crippen LogP contribution in [0.5, 0.6) is 5.75 Å². The van der Waals surface area contributed by atoms with E-state index < -0.39 is 5.97 Å². The van der Waals surface area contributed by atoms with Crippen molar-refractivity contribution >= 4 is 11.7 Å². The van der Waals surface area contributed by atoms with Gasteiger partial charge in [0.25, 0.3) is 0 Å².